The minimum Gasteiger partial charge on any atom is -0.489 e. The van der Waals surface area contributed by atoms with E-state index >= 15 is 0 Å². The topological polar surface area (TPSA) is 69.4 Å². The first-order chi connectivity index (χ1) is 10.5. The third-order valence-corrected chi connectivity index (χ3v) is 3.22. The highest BCUT2D eigenvalue weighted by Crippen LogP contribution is 2.17. The molecule has 0 radical (unpaired) electrons. The molecule has 0 heterocycles. The van der Waals surface area contributed by atoms with Crippen LogP contribution in [0.2, 0.25) is 0 Å². The summed E-state index contributed by atoms with van der Waals surface area (Å²) in [6.45, 7) is 1.85. The van der Waals surface area contributed by atoms with Crippen molar-refractivity contribution in [1.29, 1.82) is 0 Å². The number of nitro benzene ring substituents is 1. The summed E-state index contributed by atoms with van der Waals surface area (Å²) in [5.74, 6) is 0.865. The highest BCUT2D eigenvalue weighted by molar-refractivity contribution is 5.75. The molecule has 114 valence electrons. The fraction of sp³-hybridized carbons (Fsp3) is 0.235. The van der Waals surface area contributed by atoms with Gasteiger partial charge < -0.3 is 9.53 Å². The van der Waals surface area contributed by atoms with Crippen LogP contribution < -0.4 is 4.74 Å². The zero-order valence-electron chi connectivity index (χ0n) is 12.3. The van der Waals surface area contributed by atoms with Gasteiger partial charge in [-0.2, -0.15) is 0 Å². The van der Waals surface area contributed by atoms with Crippen molar-refractivity contribution in [1.82, 2.24) is 0 Å². The Morgan fingerprint density at radius 1 is 1.14 bits per heavy atom. The van der Waals surface area contributed by atoms with Crippen LogP contribution in [-0.2, 0) is 17.8 Å². The molecule has 0 amide bonds. The van der Waals surface area contributed by atoms with Crippen molar-refractivity contribution in [3.63, 3.8) is 0 Å². The fourth-order valence-corrected chi connectivity index (χ4v) is 2.00. The molecule has 0 saturated heterocycles. The Balaban J connectivity index is 1.92. The summed E-state index contributed by atoms with van der Waals surface area (Å²) in [5, 5.41) is 10.7. The molecule has 0 aliphatic carbocycles. The zero-order valence-corrected chi connectivity index (χ0v) is 12.3. The van der Waals surface area contributed by atoms with E-state index in [9.17, 15) is 14.9 Å². The van der Waals surface area contributed by atoms with Crippen LogP contribution in [0.15, 0.2) is 48.5 Å². The van der Waals surface area contributed by atoms with E-state index in [4.69, 9.17) is 4.74 Å². The number of hydrogen-bond donors (Lipinski definition) is 0. The number of aryl methyl sites for hydroxylation is 1. The summed E-state index contributed by atoms with van der Waals surface area (Å²) in [5.41, 5.74) is 1.88. The summed E-state index contributed by atoms with van der Waals surface area (Å²) < 4.78 is 5.62. The number of nitrogens with zero attached hydrogens (tertiary/aromatic N) is 1. The van der Waals surface area contributed by atoms with Crippen molar-refractivity contribution in [2.45, 2.75) is 26.4 Å². The number of hydrogen-bond acceptors (Lipinski definition) is 4. The van der Waals surface area contributed by atoms with Crippen LogP contribution in [0.5, 0.6) is 5.75 Å². The van der Waals surface area contributed by atoms with Gasteiger partial charge in [-0.15, -0.1) is 0 Å². The smallest absolute Gasteiger partial charge is 0.269 e. The number of nitro groups is 1. The predicted octanol–water partition coefficient (Wildman–Crippen LogP) is 3.70. The van der Waals surface area contributed by atoms with Crippen LogP contribution in [0.4, 0.5) is 5.69 Å². The maximum absolute atomic E-state index is 10.9. The van der Waals surface area contributed by atoms with E-state index in [1.54, 1.807) is 19.1 Å². The van der Waals surface area contributed by atoms with Gasteiger partial charge in [-0.25, -0.2) is 0 Å². The van der Waals surface area contributed by atoms with Gasteiger partial charge in [0.25, 0.3) is 5.69 Å². The fourth-order valence-electron chi connectivity index (χ4n) is 2.00. The van der Waals surface area contributed by atoms with Crippen molar-refractivity contribution >= 4 is 11.5 Å². The lowest BCUT2D eigenvalue weighted by Crippen LogP contribution is -1.97. The second-order valence-corrected chi connectivity index (χ2v) is 5.06. The van der Waals surface area contributed by atoms with Crippen LogP contribution in [0.25, 0.3) is 0 Å². The van der Waals surface area contributed by atoms with Gasteiger partial charge in [-0.1, -0.05) is 24.3 Å². The Morgan fingerprint density at radius 3 is 2.50 bits per heavy atom. The summed E-state index contributed by atoms with van der Waals surface area (Å²) in [4.78, 5) is 21.2. The SMILES string of the molecule is CC(=O)CCc1ccc(OCc2cccc([N+](=O)[O-])c2)cc1. The van der Waals surface area contributed by atoms with Gasteiger partial charge in [-0.05, 0) is 36.6 Å². The maximum Gasteiger partial charge on any atom is 0.269 e. The highest BCUT2D eigenvalue weighted by atomic mass is 16.6. The number of ketones is 1. The first kappa shape index (κ1) is 15.7. The molecule has 5 nitrogen and oxygen atoms in total. The predicted molar refractivity (Wildman–Crippen MR) is 82.9 cm³/mol. The van der Waals surface area contributed by atoms with E-state index in [1.807, 2.05) is 24.3 Å². The van der Waals surface area contributed by atoms with Gasteiger partial charge in [-0.3, -0.25) is 10.1 Å². The van der Waals surface area contributed by atoms with E-state index in [-0.39, 0.29) is 18.1 Å². The third kappa shape index (κ3) is 4.70. The molecule has 0 bridgehead atoms. The first-order valence-corrected chi connectivity index (χ1v) is 6.99. The quantitative estimate of drug-likeness (QED) is 0.577. The Hall–Kier alpha value is -2.69. The second-order valence-electron chi connectivity index (χ2n) is 5.06. The third-order valence-electron chi connectivity index (χ3n) is 3.22. The number of rotatable bonds is 7. The highest BCUT2D eigenvalue weighted by Gasteiger charge is 2.06. The summed E-state index contributed by atoms with van der Waals surface area (Å²) in [6.07, 6.45) is 1.26. The summed E-state index contributed by atoms with van der Waals surface area (Å²) in [6, 6.07) is 13.9. The molecule has 22 heavy (non-hydrogen) atoms. The van der Waals surface area contributed by atoms with Crippen molar-refractivity contribution in [2.24, 2.45) is 0 Å². The maximum atomic E-state index is 10.9. The number of carbonyl (C=O) groups is 1. The lowest BCUT2D eigenvalue weighted by molar-refractivity contribution is -0.384. The Bertz CT molecular complexity index is 665. The van der Waals surface area contributed by atoms with Gasteiger partial charge in [0.2, 0.25) is 0 Å². The molecule has 0 saturated carbocycles. The molecule has 0 aromatic heterocycles. The van der Waals surface area contributed by atoms with Crippen molar-refractivity contribution < 1.29 is 14.5 Å². The Labute approximate surface area is 128 Å². The zero-order chi connectivity index (χ0) is 15.9. The van der Waals surface area contributed by atoms with Crippen molar-refractivity contribution in [3.8, 4) is 5.75 Å². The van der Waals surface area contributed by atoms with E-state index < -0.39 is 4.92 Å². The van der Waals surface area contributed by atoms with Crippen LogP contribution in [-0.4, -0.2) is 10.7 Å². The molecule has 2 aromatic rings. The van der Waals surface area contributed by atoms with Gasteiger partial charge in [0, 0.05) is 18.6 Å². The van der Waals surface area contributed by atoms with E-state index in [1.165, 1.54) is 12.1 Å². The number of carbonyl (C=O) groups excluding carboxylic acids is 1. The average Bonchev–Trinajstić information content (AvgIpc) is 2.52. The molecule has 0 N–H and O–H groups in total. The van der Waals surface area contributed by atoms with Crippen LogP contribution in [0.3, 0.4) is 0 Å². The Kier molecular flexibility index (Phi) is 5.25. The second kappa shape index (κ2) is 7.36. The normalized spacial score (nSPS) is 10.2. The first-order valence-electron chi connectivity index (χ1n) is 6.99. The summed E-state index contributed by atoms with van der Waals surface area (Å²) in [7, 11) is 0. The minimum absolute atomic E-state index is 0.0562. The molecule has 2 rings (SSSR count). The van der Waals surface area contributed by atoms with Crippen LogP contribution >= 0.6 is 0 Å². The average molecular weight is 299 g/mol. The standard InChI is InChI=1S/C17H17NO4/c1-13(19)5-6-14-7-9-17(10-8-14)22-12-15-3-2-4-16(11-15)18(20)21/h2-4,7-11H,5-6,12H2,1H3. The molecule has 0 atom stereocenters. The molecule has 0 aliphatic heterocycles. The van der Waals surface area contributed by atoms with E-state index in [0.29, 0.717) is 12.2 Å². The molecular formula is C17H17NO4. The van der Waals surface area contributed by atoms with E-state index in [0.717, 1.165) is 17.5 Å². The lowest BCUT2D eigenvalue weighted by atomic mass is 10.1. The molecule has 5 heteroatoms. The van der Waals surface area contributed by atoms with Gasteiger partial charge in [0.15, 0.2) is 0 Å². The molecule has 0 unspecified atom stereocenters. The van der Waals surface area contributed by atoms with Gasteiger partial charge >= 0.3 is 0 Å². The van der Waals surface area contributed by atoms with Crippen molar-refractivity contribution in [2.75, 3.05) is 0 Å². The number of Topliss-reactive ketones (excluding diaryl/α,β-unsaturated/α-hetero) is 1. The van der Waals surface area contributed by atoms with Crippen LogP contribution in [0.1, 0.15) is 24.5 Å². The van der Waals surface area contributed by atoms with Gasteiger partial charge in [0.05, 0.1) is 4.92 Å². The number of ether oxygens (including phenoxy) is 1. The summed E-state index contributed by atoms with van der Waals surface area (Å²) >= 11 is 0. The largest absolute Gasteiger partial charge is 0.489 e. The monoisotopic (exact) mass is 299 g/mol. The molecule has 2 aromatic carbocycles. The lowest BCUT2D eigenvalue weighted by Gasteiger charge is -2.07. The van der Waals surface area contributed by atoms with E-state index in [2.05, 4.69) is 0 Å². The van der Waals surface area contributed by atoms with Gasteiger partial charge in [0.1, 0.15) is 18.1 Å². The van der Waals surface area contributed by atoms with Crippen LogP contribution in [0, 0.1) is 10.1 Å². The minimum atomic E-state index is -0.423. The number of non-ortho nitro benzene ring substituents is 1. The van der Waals surface area contributed by atoms with Crippen molar-refractivity contribution in [3.05, 3.63) is 69.8 Å². The number of benzene rings is 2. The Morgan fingerprint density at radius 2 is 1.86 bits per heavy atom. The molecule has 0 aliphatic rings. The molecule has 0 spiro atoms. The molecule has 0 fully saturated rings. The molecular weight excluding hydrogens is 282 g/mol.